The van der Waals surface area contributed by atoms with Crippen LogP contribution in [0.15, 0.2) is 30.3 Å². The van der Waals surface area contributed by atoms with E-state index in [1.807, 2.05) is 18.2 Å². The molecule has 0 spiro atoms. The topological polar surface area (TPSA) is 30.5 Å². The molecule has 3 nitrogen and oxygen atoms in total. The maximum Gasteiger partial charge on any atom is 0.161 e. The van der Waals surface area contributed by atoms with E-state index in [1.165, 1.54) is 0 Å². The first-order valence-corrected chi connectivity index (χ1v) is 7.28. The molecule has 1 N–H and O–H groups in total. The molecule has 6 heteroatoms. The Bertz CT molecular complexity index is 647. The van der Waals surface area contributed by atoms with Gasteiger partial charge in [-0.15, -0.1) is 0 Å². The monoisotopic (exact) mass is 345 g/mol. The van der Waals surface area contributed by atoms with Gasteiger partial charge in [0.2, 0.25) is 0 Å². The van der Waals surface area contributed by atoms with Crippen molar-refractivity contribution in [3.63, 3.8) is 0 Å². The highest BCUT2D eigenvalue weighted by Gasteiger charge is 2.07. The van der Waals surface area contributed by atoms with Crippen molar-refractivity contribution < 1.29 is 9.47 Å². The van der Waals surface area contributed by atoms with Gasteiger partial charge in [-0.2, -0.15) is 0 Å². The van der Waals surface area contributed by atoms with Crippen molar-refractivity contribution in [2.75, 3.05) is 19.5 Å². The first-order valence-electron chi connectivity index (χ1n) is 6.14. The number of nitrogens with one attached hydrogen (secondary N) is 1. The summed E-state index contributed by atoms with van der Waals surface area (Å²) in [7, 11) is 3.20. The third-order valence-electron chi connectivity index (χ3n) is 2.94. The lowest BCUT2D eigenvalue weighted by molar-refractivity contribution is 0.354. The Balaban J connectivity index is 2.15. The Morgan fingerprint density at radius 2 is 1.52 bits per heavy atom. The Labute approximate surface area is 138 Å². The minimum Gasteiger partial charge on any atom is -0.493 e. The van der Waals surface area contributed by atoms with E-state index in [2.05, 4.69) is 5.32 Å². The van der Waals surface area contributed by atoms with Crippen LogP contribution in [0, 0.1) is 0 Å². The maximum atomic E-state index is 6.12. The number of halogens is 3. The SMILES string of the molecule is COc1ccc(CNc2cc(Cl)c(Cl)cc2Cl)cc1OC. The van der Waals surface area contributed by atoms with Crippen LogP contribution in [0.3, 0.4) is 0 Å². The van der Waals surface area contributed by atoms with E-state index >= 15 is 0 Å². The fraction of sp³-hybridized carbons (Fsp3) is 0.200. The third kappa shape index (κ3) is 3.88. The number of rotatable bonds is 5. The first-order chi connectivity index (χ1) is 10.0. The number of anilines is 1. The minimum atomic E-state index is 0.429. The molecule has 2 aromatic carbocycles. The van der Waals surface area contributed by atoms with E-state index in [-0.39, 0.29) is 0 Å². The summed E-state index contributed by atoms with van der Waals surface area (Å²) in [6, 6.07) is 9.01. The fourth-order valence-corrected chi connectivity index (χ4v) is 2.46. The second kappa shape index (κ2) is 7.12. The molecule has 0 aliphatic rings. The molecule has 0 radical (unpaired) electrons. The van der Waals surface area contributed by atoms with E-state index in [1.54, 1.807) is 26.4 Å². The lowest BCUT2D eigenvalue weighted by atomic mass is 10.2. The van der Waals surface area contributed by atoms with Gasteiger partial charge >= 0.3 is 0 Å². The van der Waals surface area contributed by atoms with E-state index in [9.17, 15) is 0 Å². The molecule has 2 aromatic rings. The molecule has 21 heavy (non-hydrogen) atoms. The molecule has 0 saturated heterocycles. The molecule has 0 heterocycles. The van der Waals surface area contributed by atoms with Gasteiger partial charge in [-0.25, -0.2) is 0 Å². The number of benzene rings is 2. The summed E-state index contributed by atoms with van der Waals surface area (Å²) >= 11 is 18.0. The Morgan fingerprint density at radius 1 is 0.857 bits per heavy atom. The van der Waals surface area contributed by atoms with Crippen LogP contribution in [-0.4, -0.2) is 14.2 Å². The van der Waals surface area contributed by atoms with Crippen LogP contribution < -0.4 is 14.8 Å². The minimum absolute atomic E-state index is 0.429. The van der Waals surface area contributed by atoms with Crippen LogP contribution in [-0.2, 0) is 6.54 Å². The van der Waals surface area contributed by atoms with Crippen molar-refractivity contribution in [3.05, 3.63) is 51.0 Å². The van der Waals surface area contributed by atoms with Crippen LogP contribution in [0.2, 0.25) is 15.1 Å². The molecule has 2 rings (SSSR count). The predicted octanol–water partition coefficient (Wildman–Crippen LogP) is 5.28. The van der Waals surface area contributed by atoms with Crippen molar-refractivity contribution >= 4 is 40.5 Å². The number of hydrogen-bond donors (Lipinski definition) is 1. The molecule has 0 amide bonds. The summed E-state index contributed by atoms with van der Waals surface area (Å²) in [6.07, 6.45) is 0. The van der Waals surface area contributed by atoms with Crippen molar-refractivity contribution in [1.29, 1.82) is 0 Å². The summed E-state index contributed by atoms with van der Waals surface area (Å²) in [5.74, 6) is 1.37. The number of hydrogen-bond acceptors (Lipinski definition) is 3. The highest BCUT2D eigenvalue weighted by atomic mass is 35.5. The van der Waals surface area contributed by atoms with E-state index in [0.717, 1.165) is 11.3 Å². The zero-order valence-corrected chi connectivity index (χ0v) is 13.8. The summed E-state index contributed by atoms with van der Waals surface area (Å²) in [5.41, 5.74) is 1.75. The molecule has 0 unspecified atom stereocenters. The average Bonchev–Trinajstić information content (AvgIpc) is 2.49. The predicted molar refractivity (Wildman–Crippen MR) is 88.3 cm³/mol. The average molecular weight is 347 g/mol. The molecule has 0 bridgehead atoms. The second-order valence-corrected chi connectivity index (χ2v) is 5.51. The van der Waals surface area contributed by atoms with Gasteiger partial charge in [0.25, 0.3) is 0 Å². The molecule has 0 fully saturated rings. The van der Waals surface area contributed by atoms with Gasteiger partial charge < -0.3 is 14.8 Å². The molecule has 0 atom stereocenters. The van der Waals surface area contributed by atoms with Gasteiger partial charge in [-0.1, -0.05) is 40.9 Å². The molecule has 112 valence electrons. The van der Waals surface area contributed by atoms with Crippen molar-refractivity contribution in [2.24, 2.45) is 0 Å². The third-order valence-corrected chi connectivity index (χ3v) is 3.98. The van der Waals surface area contributed by atoms with Crippen LogP contribution >= 0.6 is 34.8 Å². The largest absolute Gasteiger partial charge is 0.493 e. The van der Waals surface area contributed by atoms with Gasteiger partial charge in [-0.3, -0.25) is 0 Å². The van der Waals surface area contributed by atoms with Crippen LogP contribution in [0.25, 0.3) is 0 Å². The summed E-state index contributed by atoms with van der Waals surface area (Å²) in [6.45, 7) is 0.567. The van der Waals surface area contributed by atoms with Gasteiger partial charge in [0.1, 0.15) is 0 Å². The van der Waals surface area contributed by atoms with E-state index < -0.39 is 0 Å². The van der Waals surface area contributed by atoms with Gasteiger partial charge in [0, 0.05) is 6.54 Å². The van der Waals surface area contributed by atoms with E-state index in [4.69, 9.17) is 44.3 Å². The first kappa shape index (κ1) is 16.1. The van der Waals surface area contributed by atoms with Crippen LogP contribution in [0.4, 0.5) is 5.69 Å². The van der Waals surface area contributed by atoms with Crippen molar-refractivity contribution in [1.82, 2.24) is 0 Å². The molecular weight excluding hydrogens is 333 g/mol. The molecule has 0 aromatic heterocycles. The zero-order chi connectivity index (χ0) is 15.4. The Kier molecular flexibility index (Phi) is 5.45. The second-order valence-electron chi connectivity index (χ2n) is 4.29. The standard InChI is InChI=1S/C15H14Cl3NO2/c1-20-14-4-3-9(5-15(14)21-2)8-19-13-7-11(17)10(16)6-12(13)18/h3-7,19H,8H2,1-2H3. The van der Waals surface area contributed by atoms with Crippen LogP contribution in [0.5, 0.6) is 11.5 Å². The van der Waals surface area contributed by atoms with Crippen LogP contribution in [0.1, 0.15) is 5.56 Å². The highest BCUT2D eigenvalue weighted by Crippen LogP contribution is 2.33. The smallest absolute Gasteiger partial charge is 0.161 e. The normalized spacial score (nSPS) is 10.3. The fourth-order valence-electron chi connectivity index (χ4n) is 1.85. The summed E-state index contributed by atoms with van der Waals surface area (Å²) in [5, 5.41) is 4.62. The summed E-state index contributed by atoms with van der Waals surface area (Å²) < 4.78 is 10.5. The lowest BCUT2D eigenvalue weighted by Crippen LogP contribution is -2.01. The molecule has 0 saturated carbocycles. The quantitative estimate of drug-likeness (QED) is 0.747. The Morgan fingerprint density at radius 3 is 2.19 bits per heavy atom. The molecule has 0 aliphatic heterocycles. The van der Waals surface area contributed by atoms with Gasteiger partial charge in [-0.05, 0) is 29.8 Å². The van der Waals surface area contributed by atoms with Gasteiger partial charge in [0.05, 0.1) is 35.0 Å². The zero-order valence-electron chi connectivity index (χ0n) is 11.5. The number of ether oxygens (including phenoxy) is 2. The lowest BCUT2D eigenvalue weighted by Gasteiger charge is -2.12. The maximum absolute atomic E-state index is 6.12. The number of methoxy groups -OCH3 is 2. The van der Waals surface area contributed by atoms with Crippen molar-refractivity contribution in [3.8, 4) is 11.5 Å². The van der Waals surface area contributed by atoms with E-state index in [0.29, 0.717) is 33.1 Å². The van der Waals surface area contributed by atoms with Crippen molar-refractivity contribution in [2.45, 2.75) is 6.54 Å². The van der Waals surface area contributed by atoms with Gasteiger partial charge in [0.15, 0.2) is 11.5 Å². The molecule has 0 aliphatic carbocycles. The summed E-state index contributed by atoms with van der Waals surface area (Å²) in [4.78, 5) is 0. The molecular formula is C15H14Cl3NO2. The highest BCUT2D eigenvalue weighted by molar-refractivity contribution is 6.44. The Hall–Kier alpha value is -1.29.